The van der Waals surface area contributed by atoms with Crippen molar-refractivity contribution < 1.29 is 4.79 Å². The maximum absolute atomic E-state index is 12.0. The number of carbonyl (C=O) groups excluding carboxylic acids is 1. The van der Waals surface area contributed by atoms with Gasteiger partial charge in [-0.1, -0.05) is 46.3 Å². The Morgan fingerprint density at radius 3 is 2.30 bits per heavy atom. The van der Waals surface area contributed by atoms with E-state index >= 15 is 0 Å². The standard InChI is InChI=1S/C16H17BrN2O/c1-11-5-3-4-6-14(11)19-16(2,15(18)20)12-7-9-13(17)10-8-12/h3-10,19H,1-2H3,(H2,18,20). The topological polar surface area (TPSA) is 55.1 Å². The van der Waals surface area contributed by atoms with Crippen LogP contribution in [-0.4, -0.2) is 5.91 Å². The van der Waals surface area contributed by atoms with E-state index in [0.717, 1.165) is 21.3 Å². The first-order valence-electron chi connectivity index (χ1n) is 6.33. The maximum atomic E-state index is 12.0. The fourth-order valence-corrected chi connectivity index (χ4v) is 2.31. The predicted molar refractivity (Wildman–Crippen MR) is 85.5 cm³/mol. The van der Waals surface area contributed by atoms with Crippen LogP contribution in [-0.2, 0) is 10.3 Å². The molecule has 2 aromatic rings. The Kier molecular flexibility index (Phi) is 4.14. The van der Waals surface area contributed by atoms with E-state index in [4.69, 9.17) is 5.73 Å². The van der Waals surface area contributed by atoms with E-state index in [1.807, 2.05) is 55.5 Å². The number of hydrogen-bond donors (Lipinski definition) is 2. The molecule has 0 aliphatic carbocycles. The Balaban J connectivity index is 2.43. The van der Waals surface area contributed by atoms with Crippen LogP contribution < -0.4 is 11.1 Å². The Morgan fingerprint density at radius 1 is 1.15 bits per heavy atom. The molecule has 0 aliphatic rings. The number of anilines is 1. The smallest absolute Gasteiger partial charge is 0.247 e. The largest absolute Gasteiger partial charge is 0.368 e. The fourth-order valence-electron chi connectivity index (χ4n) is 2.04. The Bertz CT molecular complexity index is 625. The lowest BCUT2D eigenvalue weighted by molar-refractivity contribution is -0.122. The summed E-state index contributed by atoms with van der Waals surface area (Å²) in [6.07, 6.45) is 0. The minimum atomic E-state index is -0.952. The molecule has 0 spiro atoms. The Morgan fingerprint density at radius 2 is 1.75 bits per heavy atom. The summed E-state index contributed by atoms with van der Waals surface area (Å²) in [5, 5.41) is 3.27. The van der Waals surface area contributed by atoms with Crippen molar-refractivity contribution in [3.05, 3.63) is 64.1 Å². The molecule has 20 heavy (non-hydrogen) atoms. The van der Waals surface area contributed by atoms with E-state index in [2.05, 4.69) is 21.2 Å². The lowest BCUT2D eigenvalue weighted by Crippen LogP contribution is -2.45. The molecule has 1 amide bonds. The molecule has 0 fully saturated rings. The SMILES string of the molecule is Cc1ccccc1NC(C)(C(N)=O)c1ccc(Br)cc1. The molecule has 104 valence electrons. The number of nitrogens with two attached hydrogens (primary N) is 1. The summed E-state index contributed by atoms with van der Waals surface area (Å²) >= 11 is 3.39. The van der Waals surface area contributed by atoms with Crippen molar-refractivity contribution >= 4 is 27.5 Å². The van der Waals surface area contributed by atoms with Crippen LogP contribution in [0.4, 0.5) is 5.69 Å². The average Bonchev–Trinajstić information content (AvgIpc) is 2.42. The number of rotatable bonds is 4. The van der Waals surface area contributed by atoms with Gasteiger partial charge in [0.25, 0.3) is 0 Å². The molecule has 0 aromatic heterocycles. The van der Waals surface area contributed by atoms with Crippen molar-refractivity contribution in [3.63, 3.8) is 0 Å². The van der Waals surface area contributed by atoms with Crippen LogP contribution in [0.1, 0.15) is 18.1 Å². The van der Waals surface area contributed by atoms with Crippen LogP contribution in [0.25, 0.3) is 0 Å². The minimum absolute atomic E-state index is 0.414. The molecule has 0 heterocycles. The second kappa shape index (κ2) is 5.67. The summed E-state index contributed by atoms with van der Waals surface area (Å²) in [7, 11) is 0. The molecule has 0 saturated carbocycles. The quantitative estimate of drug-likeness (QED) is 0.899. The number of primary amides is 1. The van der Waals surface area contributed by atoms with E-state index < -0.39 is 11.4 Å². The summed E-state index contributed by atoms with van der Waals surface area (Å²) in [6, 6.07) is 15.4. The first kappa shape index (κ1) is 14.6. The van der Waals surface area contributed by atoms with Gasteiger partial charge in [-0.15, -0.1) is 0 Å². The summed E-state index contributed by atoms with van der Waals surface area (Å²) in [5.74, 6) is -0.414. The molecule has 1 unspecified atom stereocenters. The van der Waals surface area contributed by atoms with Gasteiger partial charge in [0.2, 0.25) is 5.91 Å². The van der Waals surface area contributed by atoms with Gasteiger partial charge in [0.1, 0.15) is 5.54 Å². The molecule has 2 rings (SSSR count). The number of halogens is 1. The summed E-state index contributed by atoms with van der Waals surface area (Å²) < 4.78 is 0.962. The zero-order chi connectivity index (χ0) is 14.8. The lowest BCUT2D eigenvalue weighted by Gasteiger charge is -2.30. The number of amides is 1. The first-order valence-corrected chi connectivity index (χ1v) is 7.12. The zero-order valence-electron chi connectivity index (χ0n) is 11.5. The molecule has 0 radical (unpaired) electrons. The van der Waals surface area contributed by atoms with Crippen molar-refractivity contribution in [2.24, 2.45) is 5.73 Å². The van der Waals surface area contributed by atoms with Gasteiger partial charge in [0, 0.05) is 10.2 Å². The van der Waals surface area contributed by atoms with Gasteiger partial charge >= 0.3 is 0 Å². The van der Waals surface area contributed by atoms with Crippen LogP contribution in [0.3, 0.4) is 0 Å². The molecule has 4 heteroatoms. The van der Waals surface area contributed by atoms with Crippen molar-refractivity contribution in [2.75, 3.05) is 5.32 Å². The van der Waals surface area contributed by atoms with Gasteiger partial charge in [-0.3, -0.25) is 4.79 Å². The van der Waals surface area contributed by atoms with Crippen LogP contribution in [0.15, 0.2) is 53.0 Å². The Labute approximate surface area is 127 Å². The summed E-state index contributed by atoms with van der Waals surface area (Å²) in [6.45, 7) is 3.79. The lowest BCUT2D eigenvalue weighted by atomic mass is 9.90. The average molecular weight is 333 g/mol. The number of nitrogens with one attached hydrogen (secondary N) is 1. The molecule has 3 N–H and O–H groups in total. The molecule has 1 atom stereocenters. The predicted octanol–water partition coefficient (Wildman–Crippen LogP) is 3.57. The maximum Gasteiger partial charge on any atom is 0.247 e. The van der Waals surface area contributed by atoms with Crippen molar-refractivity contribution in [2.45, 2.75) is 19.4 Å². The molecule has 2 aromatic carbocycles. The number of aryl methyl sites for hydroxylation is 1. The van der Waals surface area contributed by atoms with E-state index in [9.17, 15) is 4.79 Å². The normalized spacial score (nSPS) is 13.6. The molecule has 0 bridgehead atoms. The van der Waals surface area contributed by atoms with Gasteiger partial charge in [0.05, 0.1) is 0 Å². The molecule has 0 saturated heterocycles. The van der Waals surface area contributed by atoms with Crippen molar-refractivity contribution in [1.29, 1.82) is 0 Å². The number of hydrogen-bond acceptors (Lipinski definition) is 2. The van der Waals surface area contributed by atoms with E-state index in [1.54, 1.807) is 6.92 Å². The highest BCUT2D eigenvalue weighted by molar-refractivity contribution is 9.10. The monoisotopic (exact) mass is 332 g/mol. The fraction of sp³-hybridized carbons (Fsp3) is 0.188. The van der Waals surface area contributed by atoms with Gasteiger partial charge in [-0.25, -0.2) is 0 Å². The zero-order valence-corrected chi connectivity index (χ0v) is 13.1. The van der Waals surface area contributed by atoms with Crippen LogP contribution in [0.2, 0.25) is 0 Å². The third-order valence-corrected chi connectivity index (χ3v) is 3.97. The van der Waals surface area contributed by atoms with Gasteiger partial charge in [-0.2, -0.15) is 0 Å². The van der Waals surface area contributed by atoms with Crippen molar-refractivity contribution in [3.8, 4) is 0 Å². The highest BCUT2D eigenvalue weighted by Crippen LogP contribution is 2.28. The second-order valence-electron chi connectivity index (χ2n) is 4.94. The first-order chi connectivity index (χ1) is 9.43. The molecule has 3 nitrogen and oxygen atoms in total. The van der Waals surface area contributed by atoms with Crippen molar-refractivity contribution in [1.82, 2.24) is 0 Å². The number of carbonyl (C=O) groups is 1. The molecular formula is C16H17BrN2O. The number of para-hydroxylation sites is 1. The van der Waals surface area contributed by atoms with E-state index in [1.165, 1.54) is 0 Å². The minimum Gasteiger partial charge on any atom is -0.368 e. The van der Waals surface area contributed by atoms with Gasteiger partial charge < -0.3 is 11.1 Å². The third-order valence-electron chi connectivity index (χ3n) is 3.44. The van der Waals surface area contributed by atoms with Gasteiger partial charge in [-0.05, 0) is 43.2 Å². The van der Waals surface area contributed by atoms with Gasteiger partial charge in [0.15, 0.2) is 0 Å². The number of benzene rings is 2. The summed E-state index contributed by atoms with van der Waals surface area (Å²) in [4.78, 5) is 12.0. The van der Waals surface area contributed by atoms with Crippen LogP contribution in [0, 0.1) is 6.92 Å². The Hall–Kier alpha value is -1.81. The van der Waals surface area contributed by atoms with E-state index in [-0.39, 0.29) is 0 Å². The molecule has 0 aliphatic heterocycles. The highest BCUT2D eigenvalue weighted by Gasteiger charge is 2.33. The molecular weight excluding hydrogens is 316 g/mol. The van der Waals surface area contributed by atoms with Crippen LogP contribution in [0.5, 0.6) is 0 Å². The second-order valence-corrected chi connectivity index (χ2v) is 5.85. The highest BCUT2D eigenvalue weighted by atomic mass is 79.9. The van der Waals surface area contributed by atoms with Crippen LogP contribution >= 0.6 is 15.9 Å². The van der Waals surface area contributed by atoms with E-state index in [0.29, 0.717) is 0 Å². The third kappa shape index (κ3) is 2.85. The summed E-state index contributed by atoms with van der Waals surface area (Å²) in [5.41, 5.74) is 7.47.